The summed E-state index contributed by atoms with van der Waals surface area (Å²) >= 11 is 0. The van der Waals surface area contributed by atoms with Crippen LogP contribution < -0.4 is 10.2 Å². The van der Waals surface area contributed by atoms with Crippen molar-refractivity contribution in [3.05, 3.63) is 70.8 Å². The molecule has 2 aromatic rings. The van der Waals surface area contributed by atoms with E-state index < -0.39 is 11.9 Å². The minimum atomic E-state index is -1.09. The predicted octanol–water partition coefficient (Wildman–Crippen LogP) is 2.49. The van der Waals surface area contributed by atoms with E-state index in [1.165, 1.54) is 0 Å². The van der Waals surface area contributed by atoms with Gasteiger partial charge in [-0.05, 0) is 35.8 Å². The van der Waals surface area contributed by atoms with E-state index in [9.17, 15) is 19.8 Å². The SMILES string of the molecule is CC(C)Cc1ccccc1C(=O)[O-].CC(C)Cc1ccccc1C(=O)[O-].[Zn+2]. The smallest absolute Gasteiger partial charge is 0.545 e. The Kier molecular flexibility index (Phi) is 11.5. The van der Waals surface area contributed by atoms with Gasteiger partial charge < -0.3 is 19.8 Å². The summed E-state index contributed by atoms with van der Waals surface area (Å²) in [4.78, 5) is 21.4. The fourth-order valence-corrected chi connectivity index (χ4v) is 2.67. The molecule has 0 unspecified atom stereocenters. The van der Waals surface area contributed by atoms with E-state index in [0.717, 1.165) is 24.0 Å². The maximum atomic E-state index is 10.7. The zero-order valence-electron chi connectivity index (χ0n) is 16.5. The third kappa shape index (κ3) is 8.97. The van der Waals surface area contributed by atoms with E-state index in [1.807, 2.05) is 24.3 Å². The fourth-order valence-electron chi connectivity index (χ4n) is 2.67. The van der Waals surface area contributed by atoms with Gasteiger partial charge in [-0.3, -0.25) is 0 Å². The van der Waals surface area contributed by atoms with Gasteiger partial charge in [-0.2, -0.15) is 0 Å². The third-order valence-corrected chi connectivity index (χ3v) is 3.73. The van der Waals surface area contributed by atoms with E-state index in [1.54, 1.807) is 24.3 Å². The Labute approximate surface area is 174 Å². The molecule has 0 saturated carbocycles. The van der Waals surface area contributed by atoms with E-state index in [2.05, 4.69) is 27.7 Å². The first-order valence-electron chi connectivity index (χ1n) is 8.80. The number of carboxylic acids is 2. The molecule has 0 aliphatic heterocycles. The third-order valence-electron chi connectivity index (χ3n) is 3.73. The molecule has 0 saturated heterocycles. The largest absolute Gasteiger partial charge is 2.00 e. The molecule has 0 bridgehead atoms. The van der Waals surface area contributed by atoms with Crippen LogP contribution in [0.3, 0.4) is 0 Å². The molecule has 0 amide bonds. The van der Waals surface area contributed by atoms with E-state index in [-0.39, 0.29) is 19.5 Å². The predicted molar refractivity (Wildman–Crippen MR) is 98.6 cm³/mol. The molecule has 4 nitrogen and oxygen atoms in total. The average Bonchev–Trinajstić information content (AvgIpc) is 2.55. The molecule has 0 N–H and O–H groups in total. The first kappa shape index (κ1) is 25.0. The van der Waals surface area contributed by atoms with Gasteiger partial charge in [0, 0.05) is 11.1 Å². The second-order valence-corrected chi connectivity index (χ2v) is 7.09. The summed E-state index contributed by atoms with van der Waals surface area (Å²) < 4.78 is 0. The number of carbonyl (C=O) groups excluding carboxylic acids is 2. The van der Waals surface area contributed by atoms with Crippen molar-refractivity contribution >= 4 is 11.9 Å². The van der Waals surface area contributed by atoms with Crippen molar-refractivity contribution in [2.45, 2.75) is 40.5 Å². The van der Waals surface area contributed by atoms with Crippen LogP contribution in [0.1, 0.15) is 59.5 Å². The van der Waals surface area contributed by atoms with Gasteiger partial charge >= 0.3 is 19.5 Å². The van der Waals surface area contributed by atoms with Crippen LogP contribution in [-0.4, -0.2) is 11.9 Å². The minimum Gasteiger partial charge on any atom is -0.545 e. The quantitative estimate of drug-likeness (QED) is 0.674. The van der Waals surface area contributed by atoms with Crippen molar-refractivity contribution in [3.63, 3.8) is 0 Å². The van der Waals surface area contributed by atoms with Crippen molar-refractivity contribution in [1.29, 1.82) is 0 Å². The average molecular weight is 420 g/mol. The van der Waals surface area contributed by atoms with Crippen LogP contribution >= 0.6 is 0 Å². The van der Waals surface area contributed by atoms with Gasteiger partial charge in [0.25, 0.3) is 0 Å². The van der Waals surface area contributed by atoms with E-state index >= 15 is 0 Å². The van der Waals surface area contributed by atoms with Crippen molar-refractivity contribution in [2.24, 2.45) is 11.8 Å². The summed E-state index contributed by atoms with van der Waals surface area (Å²) in [5.74, 6) is -1.26. The van der Waals surface area contributed by atoms with Crippen LogP contribution in [0.4, 0.5) is 0 Å². The molecule has 0 spiro atoms. The summed E-state index contributed by atoms with van der Waals surface area (Å²) in [6, 6.07) is 14.0. The van der Waals surface area contributed by atoms with Gasteiger partial charge in [-0.1, -0.05) is 76.2 Å². The van der Waals surface area contributed by atoms with Crippen LogP contribution in [0.2, 0.25) is 0 Å². The topological polar surface area (TPSA) is 80.3 Å². The molecular formula is C22H26O4Zn. The van der Waals surface area contributed by atoms with Crippen molar-refractivity contribution in [2.75, 3.05) is 0 Å². The second-order valence-electron chi connectivity index (χ2n) is 7.09. The van der Waals surface area contributed by atoms with Crippen LogP contribution in [0.25, 0.3) is 0 Å². The summed E-state index contributed by atoms with van der Waals surface area (Å²) in [6.45, 7) is 8.25. The Hall–Kier alpha value is -2.00. The number of hydrogen-bond acceptors (Lipinski definition) is 4. The Bertz CT molecular complexity index is 675. The second kappa shape index (κ2) is 12.4. The number of carbonyl (C=O) groups is 2. The number of rotatable bonds is 6. The number of hydrogen-bond donors (Lipinski definition) is 0. The number of aromatic carboxylic acids is 2. The molecule has 0 aliphatic carbocycles. The Morgan fingerprint density at radius 3 is 1.26 bits per heavy atom. The van der Waals surface area contributed by atoms with Gasteiger partial charge in [0.1, 0.15) is 0 Å². The summed E-state index contributed by atoms with van der Waals surface area (Å²) in [7, 11) is 0. The standard InChI is InChI=1S/2C11H14O2.Zn/c2*1-8(2)7-9-5-3-4-6-10(9)11(12)13;/h2*3-6,8H,7H2,1-2H3,(H,12,13);/q;;+2/p-2. The van der Waals surface area contributed by atoms with Gasteiger partial charge in [0.05, 0.1) is 11.9 Å². The maximum absolute atomic E-state index is 10.7. The fraction of sp³-hybridized carbons (Fsp3) is 0.364. The molecule has 0 aromatic heterocycles. The van der Waals surface area contributed by atoms with Crippen molar-refractivity contribution in [3.8, 4) is 0 Å². The number of carboxylic acid groups (broad SMARTS) is 2. The summed E-state index contributed by atoms with van der Waals surface area (Å²) in [5.41, 5.74) is 2.35. The molecule has 2 rings (SSSR count). The molecular weight excluding hydrogens is 394 g/mol. The van der Waals surface area contributed by atoms with Crippen LogP contribution in [-0.2, 0) is 32.3 Å². The summed E-state index contributed by atoms with van der Waals surface area (Å²) in [6.07, 6.45) is 1.56. The van der Waals surface area contributed by atoms with E-state index in [4.69, 9.17) is 0 Å². The van der Waals surface area contributed by atoms with Gasteiger partial charge in [0.15, 0.2) is 0 Å². The molecule has 140 valence electrons. The van der Waals surface area contributed by atoms with Crippen LogP contribution in [0.5, 0.6) is 0 Å². The zero-order valence-corrected chi connectivity index (χ0v) is 19.5. The van der Waals surface area contributed by atoms with Gasteiger partial charge in [-0.15, -0.1) is 0 Å². The molecule has 5 heteroatoms. The van der Waals surface area contributed by atoms with E-state index in [0.29, 0.717) is 23.0 Å². The summed E-state index contributed by atoms with van der Waals surface area (Å²) in [5, 5.41) is 21.4. The zero-order chi connectivity index (χ0) is 19.7. The first-order chi connectivity index (χ1) is 12.2. The monoisotopic (exact) mass is 418 g/mol. The van der Waals surface area contributed by atoms with Crippen molar-refractivity contribution in [1.82, 2.24) is 0 Å². The van der Waals surface area contributed by atoms with Crippen LogP contribution in [0.15, 0.2) is 48.5 Å². The normalized spacial score (nSPS) is 10.0. The minimum absolute atomic E-state index is 0. The molecule has 0 fully saturated rings. The molecule has 2 aromatic carbocycles. The first-order valence-corrected chi connectivity index (χ1v) is 8.80. The molecule has 0 atom stereocenters. The molecule has 0 heterocycles. The Morgan fingerprint density at radius 1 is 0.704 bits per heavy atom. The van der Waals surface area contributed by atoms with Crippen LogP contribution in [0, 0.1) is 11.8 Å². The maximum Gasteiger partial charge on any atom is 2.00 e. The van der Waals surface area contributed by atoms with Gasteiger partial charge in [-0.25, -0.2) is 0 Å². The van der Waals surface area contributed by atoms with Crippen molar-refractivity contribution < 1.29 is 39.3 Å². The molecule has 0 aliphatic rings. The Morgan fingerprint density at radius 2 is 1.00 bits per heavy atom. The Balaban J connectivity index is 0.000000483. The van der Waals surface area contributed by atoms with Gasteiger partial charge in [0.2, 0.25) is 0 Å². The number of benzene rings is 2. The molecule has 0 radical (unpaired) electrons. The molecule has 27 heavy (non-hydrogen) atoms.